The molecule has 6 heteroatoms. The average Bonchev–Trinajstić information content (AvgIpc) is 3.39. The van der Waals surface area contributed by atoms with E-state index in [0.29, 0.717) is 19.3 Å². The van der Waals surface area contributed by atoms with Gasteiger partial charge in [0.15, 0.2) is 6.10 Å². The molecule has 0 radical (unpaired) electrons. The van der Waals surface area contributed by atoms with E-state index in [-0.39, 0.29) is 31.1 Å². The van der Waals surface area contributed by atoms with Gasteiger partial charge in [0.2, 0.25) is 0 Å². The van der Waals surface area contributed by atoms with Crippen LogP contribution in [0, 0.1) is 0 Å². The largest absolute Gasteiger partial charge is 0.462 e. The fourth-order valence-corrected chi connectivity index (χ4v) is 9.15. The van der Waals surface area contributed by atoms with Gasteiger partial charge in [-0.3, -0.25) is 14.4 Å². The Kier molecular flexibility index (Phi) is 59.2. The van der Waals surface area contributed by atoms with Crippen LogP contribution in [0.15, 0.2) is 60.8 Å². The second kappa shape index (κ2) is 61.7. The Balaban J connectivity index is 4.25. The van der Waals surface area contributed by atoms with Crippen molar-refractivity contribution >= 4 is 17.9 Å². The molecule has 0 saturated carbocycles. The summed E-state index contributed by atoms with van der Waals surface area (Å²) >= 11 is 0. The van der Waals surface area contributed by atoms with Gasteiger partial charge in [-0.1, -0.05) is 261 Å². The molecule has 0 aromatic rings. The molecule has 1 unspecified atom stereocenters. The Hall–Kier alpha value is -2.89. The van der Waals surface area contributed by atoms with Crippen molar-refractivity contribution in [3.05, 3.63) is 60.8 Å². The van der Waals surface area contributed by atoms with Crippen LogP contribution < -0.4 is 0 Å². The molecule has 424 valence electrons. The van der Waals surface area contributed by atoms with E-state index in [1.54, 1.807) is 0 Å². The van der Waals surface area contributed by atoms with Gasteiger partial charge in [-0.25, -0.2) is 0 Å². The zero-order valence-electron chi connectivity index (χ0n) is 48.7. The van der Waals surface area contributed by atoms with Crippen LogP contribution in [0.5, 0.6) is 0 Å². The van der Waals surface area contributed by atoms with Crippen LogP contribution in [-0.4, -0.2) is 37.2 Å². The second-order valence-corrected chi connectivity index (χ2v) is 21.3. The van der Waals surface area contributed by atoms with Crippen molar-refractivity contribution in [2.24, 2.45) is 0 Å². The summed E-state index contributed by atoms with van der Waals surface area (Å²) in [5, 5.41) is 0. The lowest BCUT2D eigenvalue weighted by Gasteiger charge is -2.18. The first-order chi connectivity index (χ1) is 36.0. The molecule has 0 rings (SSSR count). The second-order valence-electron chi connectivity index (χ2n) is 21.3. The predicted molar refractivity (Wildman–Crippen MR) is 316 cm³/mol. The standard InChI is InChI=1S/C67H120O6/c1-4-7-10-13-16-19-22-25-27-29-30-31-32-33-34-35-36-37-38-39-41-42-45-48-51-54-57-60-66(69)72-63-64(62-71-65(68)59-56-53-50-47-44-24-21-18-15-12-9-6-3)73-67(70)61-58-55-52-49-46-43-40-28-26-23-20-17-14-11-8-5-2/h18,21-22,25,28-30,32-33,40,64H,4-17,19-20,23-24,26-27,31,34-39,41-63H2,1-3H3/b21-18-,25-22-,30-29-,33-32-,40-28-. The van der Waals surface area contributed by atoms with Crippen LogP contribution in [0.2, 0.25) is 0 Å². The molecule has 73 heavy (non-hydrogen) atoms. The molecule has 0 saturated heterocycles. The molecule has 0 heterocycles. The molecule has 0 aliphatic rings. The van der Waals surface area contributed by atoms with Crippen molar-refractivity contribution in [1.29, 1.82) is 0 Å². The van der Waals surface area contributed by atoms with Crippen molar-refractivity contribution in [3.8, 4) is 0 Å². The summed E-state index contributed by atoms with van der Waals surface area (Å²) in [5.41, 5.74) is 0. The quantitative estimate of drug-likeness (QED) is 0.0261. The number of allylic oxidation sites excluding steroid dienone is 10. The fourth-order valence-electron chi connectivity index (χ4n) is 9.15. The summed E-state index contributed by atoms with van der Waals surface area (Å²) in [4.78, 5) is 38.2. The lowest BCUT2D eigenvalue weighted by Crippen LogP contribution is -2.30. The van der Waals surface area contributed by atoms with E-state index in [2.05, 4.69) is 81.5 Å². The summed E-state index contributed by atoms with van der Waals surface area (Å²) < 4.78 is 16.9. The zero-order chi connectivity index (χ0) is 52.9. The third-order valence-corrected chi connectivity index (χ3v) is 14.0. The molecule has 1 atom stereocenters. The number of ether oxygens (including phenoxy) is 3. The van der Waals surface area contributed by atoms with E-state index in [1.165, 1.54) is 199 Å². The highest BCUT2D eigenvalue weighted by molar-refractivity contribution is 5.71. The highest BCUT2D eigenvalue weighted by Gasteiger charge is 2.19. The SMILES string of the molecule is CCCCC/C=C\CCCCCCCC(=O)OCC(COC(=O)CCCCCCCCCCCCCC/C=C\C/C=C\C/C=C\CCCCCCC)OC(=O)CCCCCCC/C=C\CCCCCCCCC. The van der Waals surface area contributed by atoms with Crippen LogP contribution >= 0.6 is 0 Å². The summed E-state index contributed by atoms with van der Waals surface area (Å²) in [6.45, 7) is 6.62. The van der Waals surface area contributed by atoms with E-state index >= 15 is 0 Å². The van der Waals surface area contributed by atoms with Gasteiger partial charge in [0.05, 0.1) is 0 Å². The topological polar surface area (TPSA) is 78.9 Å². The molecular weight excluding hydrogens is 901 g/mol. The van der Waals surface area contributed by atoms with Gasteiger partial charge in [-0.15, -0.1) is 0 Å². The minimum Gasteiger partial charge on any atom is -0.462 e. The predicted octanol–water partition coefficient (Wildman–Crippen LogP) is 21.6. The van der Waals surface area contributed by atoms with Crippen molar-refractivity contribution in [2.75, 3.05) is 13.2 Å². The van der Waals surface area contributed by atoms with Crippen molar-refractivity contribution in [2.45, 2.75) is 335 Å². The summed E-state index contributed by atoms with van der Waals surface area (Å²) in [5.74, 6) is -0.885. The van der Waals surface area contributed by atoms with Crippen molar-refractivity contribution in [1.82, 2.24) is 0 Å². The molecule has 0 aromatic heterocycles. The third kappa shape index (κ3) is 59.9. The first kappa shape index (κ1) is 70.1. The molecular formula is C67H120O6. The maximum absolute atomic E-state index is 12.9. The Morgan fingerprint density at radius 3 is 0.808 bits per heavy atom. The Morgan fingerprint density at radius 2 is 0.493 bits per heavy atom. The van der Waals surface area contributed by atoms with Gasteiger partial charge in [0, 0.05) is 19.3 Å². The van der Waals surface area contributed by atoms with E-state index in [9.17, 15) is 14.4 Å². The minimum atomic E-state index is -0.782. The smallest absolute Gasteiger partial charge is 0.306 e. The monoisotopic (exact) mass is 1020 g/mol. The highest BCUT2D eigenvalue weighted by atomic mass is 16.6. The summed E-state index contributed by atoms with van der Waals surface area (Å²) in [7, 11) is 0. The van der Waals surface area contributed by atoms with Crippen LogP contribution in [0.3, 0.4) is 0 Å². The number of hydrogen-bond acceptors (Lipinski definition) is 6. The Labute approximate surface area is 453 Å². The van der Waals surface area contributed by atoms with Gasteiger partial charge in [-0.2, -0.15) is 0 Å². The zero-order valence-corrected chi connectivity index (χ0v) is 48.7. The lowest BCUT2D eigenvalue weighted by atomic mass is 10.0. The first-order valence-corrected chi connectivity index (χ1v) is 31.8. The summed E-state index contributed by atoms with van der Waals surface area (Å²) in [6, 6.07) is 0. The van der Waals surface area contributed by atoms with Crippen molar-refractivity contribution in [3.63, 3.8) is 0 Å². The molecule has 6 nitrogen and oxygen atoms in total. The van der Waals surface area contributed by atoms with Crippen LogP contribution in [0.4, 0.5) is 0 Å². The molecule has 0 aliphatic carbocycles. The normalized spacial score (nSPS) is 12.4. The average molecular weight is 1020 g/mol. The maximum atomic E-state index is 12.9. The van der Waals surface area contributed by atoms with E-state index in [0.717, 1.165) is 89.9 Å². The van der Waals surface area contributed by atoms with Crippen LogP contribution in [0.1, 0.15) is 329 Å². The van der Waals surface area contributed by atoms with E-state index < -0.39 is 6.10 Å². The molecule has 0 fully saturated rings. The molecule has 0 amide bonds. The molecule has 0 N–H and O–H groups in total. The number of hydrogen-bond donors (Lipinski definition) is 0. The Bertz CT molecular complexity index is 1310. The minimum absolute atomic E-state index is 0.0793. The van der Waals surface area contributed by atoms with Crippen LogP contribution in [0.25, 0.3) is 0 Å². The summed E-state index contributed by atoms with van der Waals surface area (Å²) in [6.07, 6.45) is 78.0. The van der Waals surface area contributed by atoms with Gasteiger partial charge in [0.1, 0.15) is 13.2 Å². The number of carbonyl (C=O) groups is 3. The van der Waals surface area contributed by atoms with E-state index in [1.807, 2.05) is 0 Å². The van der Waals surface area contributed by atoms with Crippen molar-refractivity contribution < 1.29 is 28.6 Å². The fraction of sp³-hybridized carbons (Fsp3) is 0.806. The highest BCUT2D eigenvalue weighted by Crippen LogP contribution is 2.16. The maximum Gasteiger partial charge on any atom is 0.306 e. The Morgan fingerprint density at radius 1 is 0.274 bits per heavy atom. The van der Waals surface area contributed by atoms with Gasteiger partial charge >= 0.3 is 17.9 Å². The molecule has 0 aromatic carbocycles. The van der Waals surface area contributed by atoms with Gasteiger partial charge < -0.3 is 14.2 Å². The first-order valence-electron chi connectivity index (χ1n) is 31.8. The molecule has 0 bridgehead atoms. The van der Waals surface area contributed by atoms with Gasteiger partial charge in [0.25, 0.3) is 0 Å². The van der Waals surface area contributed by atoms with Crippen LogP contribution in [-0.2, 0) is 28.6 Å². The number of unbranched alkanes of at least 4 members (excludes halogenated alkanes) is 37. The number of carbonyl (C=O) groups excluding carboxylic acids is 3. The molecule has 0 aliphatic heterocycles. The number of esters is 3. The van der Waals surface area contributed by atoms with Gasteiger partial charge in [-0.05, 0) is 109 Å². The number of rotatable bonds is 58. The third-order valence-electron chi connectivity index (χ3n) is 14.0. The van der Waals surface area contributed by atoms with E-state index in [4.69, 9.17) is 14.2 Å². The molecule has 0 spiro atoms. The lowest BCUT2D eigenvalue weighted by molar-refractivity contribution is -0.167.